The van der Waals surface area contributed by atoms with E-state index in [0.29, 0.717) is 0 Å². The minimum Gasteiger partial charge on any atom is -0.360 e. The summed E-state index contributed by atoms with van der Waals surface area (Å²) in [6.45, 7) is 5.39. The summed E-state index contributed by atoms with van der Waals surface area (Å²) < 4.78 is 17.1. The number of benzene rings is 1. The summed E-state index contributed by atoms with van der Waals surface area (Å²) in [5, 5.41) is 0. The van der Waals surface area contributed by atoms with E-state index in [-0.39, 0.29) is 24.6 Å². The Bertz CT molecular complexity index is 686. The van der Waals surface area contributed by atoms with Gasteiger partial charge in [-0.2, -0.15) is 0 Å². The molecule has 3 heterocycles. The highest BCUT2D eigenvalue weighted by atomic mass is 16.8. The van der Waals surface area contributed by atoms with Gasteiger partial charge in [-0.05, 0) is 31.4 Å². The van der Waals surface area contributed by atoms with Gasteiger partial charge in [0.05, 0.1) is 6.54 Å². The fourth-order valence-electron chi connectivity index (χ4n) is 4.43. The van der Waals surface area contributed by atoms with Crippen LogP contribution in [0.15, 0.2) is 35.5 Å². The zero-order valence-corrected chi connectivity index (χ0v) is 16.9. The van der Waals surface area contributed by atoms with Crippen LogP contribution in [0.5, 0.6) is 0 Å². The van der Waals surface area contributed by atoms with Crippen molar-refractivity contribution >= 4 is 5.69 Å². The minimum atomic E-state index is -0.0539. The van der Waals surface area contributed by atoms with Crippen molar-refractivity contribution in [2.24, 2.45) is 0 Å². The molecule has 4 unspecified atom stereocenters. The lowest BCUT2D eigenvalue weighted by Crippen LogP contribution is -2.29. The number of fused-ring (bicyclic) bond motifs is 3. The van der Waals surface area contributed by atoms with Gasteiger partial charge in [-0.1, -0.05) is 57.2 Å². The molecule has 27 heavy (non-hydrogen) atoms. The van der Waals surface area contributed by atoms with Gasteiger partial charge in [-0.15, -0.1) is 0 Å². The second-order valence-corrected chi connectivity index (χ2v) is 8.07. The summed E-state index contributed by atoms with van der Waals surface area (Å²) in [5.74, 6) is 0. The molecule has 148 valence electrons. The number of methoxy groups -OCH3 is 1. The maximum Gasteiger partial charge on any atom is 0.185 e. The first kappa shape index (κ1) is 19.0. The van der Waals surface area contributed by atoms with E-state index in [4.69, 9.17) is 14.2 Å². The van der Waals surface area contributed by atoms with Gasteiger partial charge in [-0.25, -0.2) is 0 Å². The number of ether oxygens (including phenoxy) is 3. The molecular formula is C23H33NO3. The third-order valence-corrected chi connectivity index (χ3v) is 6.13. The Morgan fingerprint density at radius 2 is 1.78 bits per heavy atom. The minimum absolute atomic E-state index is 0.0539. The van der Waals surface area contributed by atoms with Gasteiger partial charge in [0.25, 0.3) is 0 Å². The van der Waals surface area contributed by atoms with Gasteiger partial charge in [0.15, 0.2) is 6.29 Å². The highest BCUT2D eigenvalue weighted by Gasteiger charge is 2.48. The van der Waals surface area contributed by atoms with E-state index < -0.39 is 0 Å². The molecule has 3 aliphatic rings. The maximum absolute atomic E-state index is 6.06. The molecule has 4 rings (SSSR count). The summed E-state index contributed by atoms with van der Waals surface area (Å²) in [4.78, 5) is 2.50. The highest BCUT2D eigenvalue weighted by Crippen LogP contribution is 2.51. The normalized spacial score (nSPS) is 28.6. The number of epoxide rings is 2. The van der Waals surface area contributed by atoms with E-state index in [1.54, 1.807) is 7.11 Å². The average Bonchev–Trinajstić information content (AvgIpc) is 3.59. The van der Waals surface area contributed by atoms with Crippen molar-refractivity contribution in [3.8, 4) is 0 Å². The lowest BCUT2D eigenvalue weighted by atomic mass is 10.0. The van der Waals surface area contributed by atoms with E-state index in [9.17, 15) is 0 Å². The van der Waals surface area contributed by atoms with E-state index in [0.717, 1.165) is 13.0 Å². The van der Waals surface area contributed by atoms with Crippen molar-refractivity contribution in [1.29, 1.82) is 0 Å². The molecule has 0 radical (unpaired) electrons. The van der Waals surface area contributed by atoms with Crippen molar-refractivity contribution in [3.63, 3.8) is 0 Å². The Morgan fingerprint density at radius 3 is 2.56 bits per heavy atom. The third-order valence-electron chi connectivity index (χ3n) is 6.13. The van der Waals surface area contributed by atoms with Crippen molar-refractivity contribution in [3.05, 3.63) is 41.1 Å². The summed E-state index contributed by atoms with van der Waals surface area (Å²) in [6.07, 6.45) is 9.61. The largest absolute Gasteiger partial charge is 0.360 e. The number of nitrogens with zero attached hydrogens (tertiary/aromatic N) is 1. The second kappa shape index (κ2) is 8.34. The smallest absolute Gasteiger partial charge is 0.185 e. The Hall–Kier alpha value is -1.36. The summed E-state index contributed by atoms with van der Waals surface area (Å²) in [6, 6.07) is 8.71. The molecule has 0 N–H and O–H groups in total. The molecule has 0 bridgehead atoms. The first-order valence-electron chi connectivity index (χ1n) is 10.6. The Balaban J connectivity index is 1.51. The molecule has 0 amide bonds. The Labute approximate surface area is 163 Å². The monoisotopic (exact) mass is 371 g/mol. The van der Waals surface area contributed by atoms with Gasteiger partial charge in [0.2, 0.25) is 0 Å². The van der Waals surface area contributed by atoms with Crippen LogP contribution < -0.4 is 4.90 Å². The SMILES string of the molecule is CCCCCCCCC1=C(C)C2OC2c2ccccc2N1CC1OC1OC. The summed E-state index contributed by atoms with van der Waals surface area (Å²) in [5.41, 5.74) is 5.44. The van der Waals surface area contributed by atoms with Crippen molar-refractivity contribution in [2.75, 3.05) is 18.6 Å². The molecule has 0 saturated carbocycles. The highest BCUT2D eigenvalue weighted by molar-refractivity contribution is 5.63. The molecule has 1 aromatic rings. The van der Waals surface area contributed by atoms with Crippen LogP contribution in [0.1, 0.15) is 70.5 Å². The van der Waals surface area contributed by atoms with Crippen LogP contribution in [0.2, 0.25) is 0 Å². The van der Waals surface area contributed by atoms with E-state index in [2.05, 4.69) is 43.0 Å². The zero-order chi connectivity index (χ0) is 18.8. The van der Waals surface area contributed by atoms with Gasteiger partial charge in [0, 0.05) is 24.1 Å². The fraction of sp³-hybridized carbons (Fsp3) is 0.652. The number of hydrogen-bond acceptors (Lipinski definition) is 4. The van der Waals surface area contributed by atoms with Gasteiger partial charge in [0.1, 0.15) is 18.3 Å². The average molecular weight is 372 g/mol. The van der Waals surface area contributed by atoms with Crippen LogP contribution in [0.3, 0.4) is 0 Å². The Morgan fingerprint density at radius 1 is 1.00 bits per heavy atom. The summed E-state index contributed by atoms with van der Waals surface area (Å²) in [7, 11) is 1.72. The number of allylic oxidation sites excluding steroid dienone is 1. The van der Waals surface area contributed by atoms with Crippen molar-refractivity contribution in [2.45, 2.75) is 83.4 Å². The van der Waals surface area contributed by atoms with Crippen LogP contribution in [0.4, 0.5) is 5.69 Å². The molecule has 0 spiro atoms. The number of rotatable bonds is 10. The zero-order valence-electron chi connectivity index (χ0n) is 16.9. The molecule has 4 nitrogen and oxygen atoms in total. The van der Waals surface area contributed by atoms with E-state index >= 15 is 0 Å². The molecular weight excluding hydrogens is 338 g/mol. The number of anilines is 1. The fourth-order valence-corrected chi connectivity index (χ4v) is 4.43. The predicted octanol–water partition coefficient (Wildman–Crippen LogP) is 5.34. The first-order valence-corrected chi connectivity index (χ1v) is 10.6. The number of unbranched alkanes of at least 4 members (excludes halogenated alkanes) is 5. The van der Waals surface area contributed by atoms with Crippen LogP contribution in [0.25, 0.3) is 0 Å². The van der Waals surface area contributed by atoms with Gasteiger partial charge >= 0.3 is 0 Å². The quantitative estimate of drug-likeness (QED) is 0.411. The maximum atomic E-state index is 6.06. The standard InChI is InChI=1S/C23H33NO3/c1-4-5-6-7-8-9-13-18-16(2)21-22(27-21)17-12-10-11-14-19(17)24(18)15-20-23(25-3)26-20/h10-12,14,20-23H,4-9,13,15H2,1-3H3. The van der Waals surface area contributed by atoms with E-state index in [1.165, 1.54) is 61.0 Å². The molecule has 0 aliphatic carbocycles. The predicted molar refractivity (Wildman–Crippen MR) is 108 cm³/mol. The number of hydrogen-bond donors (Lipinski definition) is 0. The molecule has 4 heteroatoms. The molecule has 1 aromatic carbocycles. The van der Waals surface area contributed by atoms with Crippen molar-refractivity contribution in [1.82, 2.24) is 0 Å². The van der Waals surface area contributed by atoms with E-state index in [1.807, 2.05) is 0 Å². The van der Waals surface area contributed by atoms with Crippen LogP contribution in [0, 0.1) is 0 Å². The number of para-hydroxylation sites is 1. The molecule has 2 fully saturated rings. The van der Waals surface area contributed by atoms with Gasteiger partial charge < -0.3 is 19.1 Å². The molecule has 2 saturated heterocycles. The van der Waals surface area contributed by atoms with Gasteiger partial charge in [-0.3, -0.25) is 0 Å². The molecule has 3 aliphatic heterocycles. The second-order valence-electron chi connectivity index (χ2n) is 8.07. The van der Waals surface area contributed by atoms with Crippen LogP contribution in [-0.4, -0.2) is 32.2 Å². The topological polar surface area (TPSA) is 37.5 Å². The van der Waals surface area contributed by atoms with Crippen LogP contribution >= 0.6 is 0 Å². The molecule has 0 aromatic heterocycles. The molecule has 4 atom stereocenters. The lowest BCUT2D eigenvalue weighted by Gasteiger charge is -2.29. The van der Waals surface area contributed by atoms with Crippen molar-refractivity contribution < 1.29 is 14.2 Å². The summed E-state index contributed by atoms with van der Waals surface area (Å²) >= 11 is 0. The first-order chi connectivity index (χ1) is 13.2. The third kappa shape index (κ3) is 4.08. The van der Waals surface area contributed by atoms with Crippen LogP contribution in [-0.2, 0) is 14.2 Å². The Kier molecular flexibility index (Phi) is 5.86. The lowest BCUT2D eigenvalue weighted by molar-refractivity contribution is 0.0950.